The second-order valence-electron chi connectivity index (χ2n) is 20.0. The van der Waals surface area contributed by atoms with E-state index in [1.165, 1.54) is 186 Å². The molecule has 9 atom stereocenters. The van der Waals surface area contributed by atoms with Crippen molar-refractivity contribution in [3.63, 3.8) is 0 Å². The van der Waals surface area contributed by atoms with E-state index in [4.69, 9.17) is 9.47 Å². The number of carbonyl (C=O) groups excluding carboxylic acids is 1. The quantitative estimate of drug-likeness (QED) is 0.0215. The molecule has 66 heavy (non-hydrogen) atoms. The second-order valence-corrected chi connectivity index (χ2v) is 20.0. The summed E-state index contributed by atoms with van der Waals surface area (Å²) in [4.78, 5) is 13.1. The summed E-state index contributed by atoms with van der Waals surface area (Å²) in [7, 11) is 0. The standard InChI is InChI=1S/C55H107NO10/c1-3-5-7-9-11-13-14-15-16-17-18-19-20-21-22-23-24-25-26-27-28-29-30-31-32-33-34-35-37-39-41-43-48(59)54(64)56-46(45-65-55-53(63)52(62)51(61)49(44-57)66-55)50(60)47(58)42-40-38-36-12-10-8-6-4-2/h21-22,46-53,55,57-63H,3-20,23-45H2,1-2H3,(H,56,64)/b22-21-. The zero-order valence-electron chi connectivity index (χ0n) is 42.7. The maximum Gasteiger partial charge on any atom is 0.249 e. The summed E-state index contributed by atoms with van der Waals surface area (Å²) < 4.78 is 11.1. The fourth-order valence-corrected chi connectivity index (χ4v) is 9.20. The molecular formula is C55H107NO10. The molecular weight excluding hydrogens is 835 g/mol. The number of hydrogen-bond acceptors (Lipinski definition) is 10. The number of hydrogen-bond donors (Lipinski definition) is 8. The number of amides is 1. The summed E-state index contributed by atoms with van der Waals surface area (Å²) in [5.41, 5.74) is 0. The zero-order valence-corrected chi connectivity index (χ0v) is 42.7. The molecule has 1 amide bonds. The van der Waals surface area contributed by atoms with Gasteiger partial charge in [0, 0.05) is 0 Å². The van der Waals surface area contributed by atoms with Crippen molar-refractivity contribution in [2.24, 2.45) is 0 Å². The summed E-state index contributed by atoms with van der Waals surface area (Å²) in [6.07, 6.45) is 40.3. The molecule has 11 heteroatoms. The molecule has 1 rings (SSSR count). The van der Waals surface area contributed by atoms with Gasteiger partial charge in [-0.05, 0) is 38.5 Å². The van der Waals surface area contributed by atoms with Gasteiger partial charge in [-0.15, -0.1) is 0 Å². The fraction of sp³-hybridized carbons (Fsp3) is 0.945. The first-order chi connectivity index (χ1) is 32.2. The third-order valence-electron chi connectivity index (χ3n) is 13.8. The minimum absolute atomic E-state index is 0.264. The molecule has 0 aromatic rings. The molecule has 8 N–H and O–H groups in total. The number of rotatable bonds is 48. The number of allylic oxidation sites excluding steroid dienone is 2. The van der Waals surface area contributed by atoms with Crippen LogP contribution in [0.1, 0.15) is 264 Å². The molecule has 1 fully saturated rings. The average Bonchev–Trinajstić information content (AvgIpc) is 3.32. The van der Waals surface area contributed by atoms with Crippen molar-refractivity contribution in [3.05, 3.63) is 12.2 Å². The van der Waals surface area contributed by atoms with Gasteiger partial charge < -0.3 is 50.5 Å². The maximum atomic E-state index is 13.1. The van der Waals surface area contributed by atoms with Gasteiger partial charge in [0.15, 0.2) is 6.29 Å². The van der Waals surface area contributed by atoms with Gasteiger partial charge in [0.1, 0.15) is 36.6 Å². The van der Waals surface area contributed by atoms with E-state index in [1.807, 2.05) is 0 Å². The van der Waals surface area contributed by atoms with Crippen molar-refractivity contribution >= 4 is 5.91 Å². The number of ether oxygens (including phenoxy) is 2. The first-order valence-electron chi connectivity index (χ1n) is 28.1. The molecule has 1 heterocycles. The van der Waals surface area contributed by atoms with E-state index < -0.39 is 74.2 Å². The lowest BCUT2D eigenvalue weighted by Crippen LogP contribution is -2.60. The van der Waals surface area contributed by atoms with E-state index in [-0.39, 0.29) is 6.42 Å². The molecule has 392 valence electrons. The monoisotopic (exact) mass is 942 g/mol. The molecule has 0 aromatic carbocycles. The van der Waals surface area contributed by atoms with E-state index in [0.717, 1.165) is 38.5 Å². The van der Waals surface area contributed by atoms with E-state index >= 15 is 0 Å². The predicted octanol–water partition coefficient (Wildman–Crippen LogP) is 11.2. The second kappa shape index (κ2) is 45.0. The minimum Gasteiger partial charge on any atom is -0.394 e. The Labute approximate surface area is 404 Å². The van der Waals surface area contributed by atoms with E-state index in [1.54, 1.807) is 0 Å². The lowest BCUT2D eigenvalue weighted by atomic mass is 9.98. The summed E-state index contributed by atoms with van der Waals surface area (Å²) in [6.45, 7) is 3.42. The Morgan fingerprint density at radius 1 is 0.515 bits per heavy atom. The topological polar surface area (TPSA) is 189 Å². The van der Waals surface area contributed by atoms with E-state index in [0.29, 0.717) is 19.3 Å². The van der Waals surface area contributed by atoms with Crippen LogP contribution in [0.3, 0.4) is 0 Å². The van der Waals surface area contributed by atoms with Crippen molar-refractivity contribution in [2.75, 3.05) is 13.2 Å². The molecule has 1 aliphatic rings. The summed E-state index contributed by atoms with van der Waals surface area (Å²) in [5.74, 6) is -0.696. The first-order valence-corrected chi connectivity index (χ1v) is 28.1. The Hall–Kier alpha value is -1.15. The molecule has 0 bridgehead atoms. The van der Waals surface area contributed by atoms with Gasteiger partial charge in [-0.3, -0.25) is 4.79 Å². The fourth-order valence-electron chi connectivity index (χ4n) is 9.20. The molecule has 0 radical (unpaired) electrons. The highest BCUT2D eigenvalue weighted by atomic mass is 16.7. The Morgan fingerprint density at radius 2 is 0.879 bits per heavy atom. The van der Waals surface area contributed by atoms with Crippen LogP contribution in [0.25, 0.3) is 0 Å². The van der Waals surface area contributed by atoms with Gasteiger partial charge in [-0.2, -0.15) is 0 Å². The summed E-state index contributed by atoms with van der Waals surface area (Å²) in [5, 5.41) is 75.6. The van der Waals surface area contributed by atoms with E-state index in [2.05, 4.69) is 31.3 Å². The van der Waals surface area contributed by atoms with Crippen LogP contribution in [0.5, 0.6) is 0 Å². The summed E-state index contributed by atoms with van der Waals surface area (Å²) >= 11 is 0. The van der Waals surface area contributed by atoms with Crippen molar-refractivity contribution in [3.8, 4) is 0 Å². The Balaban J connectivity index is 2.15. The lowest BCUT2D eigenvalue weighted by Gasteiger charge is -2.40. The number of unbranched alkanes of at least 4 members (excludes halogenated alkanes) is 34. The molecule has 9 unspecified atom stereocenters. The summed E-state index contributed by atoms with van der Waals surface area (Å²) in [6, 6.07) is -1.16. The SMILES string of the molecule is CCCCCCCCCCCCCC/C=C\CCCCCCCCCCCCCCCCCC(O)C(=O)NC(COC1OC(CO)C(O)C(O)C1O)C(O)C(O)CCCCCCCCCC. The van der Waals surface area contributed by atoms with Crippen LogP contribution in [0.4, 0.5) is 0 Å². The van der Waals surface area contributed by atoms with Crippen LogP contribution in [-0.2, 0) is 14.3 Å². The Kier molecular flexibility index (Phi) is 42.9. The molecule has 0 spiro atoms. The van der Waals surface area contributed by atoms with Gasteiger partial charge in [0.25, 0.3) is 0 Å². The Morgan fingerprint density at radius 3 is 1.27 bits per heavy atom. The Bertz CT molecular complexity index is 1080. The molecule has 0 aromatic heterocycles. The predicted molar refractivity (Wildman–Crippen MR) is 270 cm³/mol. The van der Waals surface area contributed by atoms with E-state index in [9.17, 15) is 40.5 Å². The number of aliphatic hydroxyl groups is 7. The highest BCUT2D eigenvalue weighted by molar-refractivity contribution is 5.80. The molecule has 0 aliphatic carbocycles. The van der Waals surface area contributed by atoms with Crippen molar-refractivity contribution < 1.29 is 50.0 Å². The number of nitrogens with one attached hydrogen (secondary N) is 1. The van der Waals surface area contributed by atoms with Crippen LogP contribution in [0, 0.1) is 0 Å². The zero-order chi connectivity index (χ0) is 48.3. The van der Waals surface area contributed by atoms with Crippen LogP contribution in [0.15, 0.2) is 12.2 Å². The average molecular weight is 942 g/mol. The molecule has 1 aliphatic heterocycles. The third-order valence-corrected chi connectivity index (χ3v) is 13.8. The smallest absolute Gasteiger partial charge is 0.249 e. The third kappa shape index (κ3) is 33.4. The molecule has 0 saturated carbocycles. The van der Waals surface area contributed by atoms with Gasteiger partial charge in [-0.1, -0.05) is 238 Å². The molecule has 1 saturated heterocycles. The van der Waals surface area contributed by atoms with Gasteiger partial charge in [0.05, 0.1) is 25.4 Å². The van der Waals surface area contributed by atoms with Crippen molar-refractivity contribution in [1.82, 2.24) is 5.32 Å². The number of carbonyl (C=O) groups is 1. The highest BCUT2D eigenvalue weighted by Gasteiger charge is 2.44. The van der Waals surface area contributed by atoms with Crippen LogP contribution in [0.2, 0.25) is 0 Å². The number of aliphatic hydroxyl groups excluding tert-OH is 7. The van der Waals surface area contributed by atoms with Crippen LogP contribution in [-0.4, -0.2) is 110 Å². The van der Waals surface area contributed by atoms with Crippen LogP contribution < -0.4 is 5.32 Å². The largest absolute Gasteiger partial charge is 0.394 e. The van der Waals surface area contributed by atoms with Gasteiger partial charge >= 0.3 is 0 Å². The van der Waals surface area contributed by atoms with Crippen molar-refractivity contribution in [1.29, 1.82) is 0 Å². The van der Waals surface area contributed by atoms with Gasteiger partial charge in [0.2, 0.25) is 5.91 Å². The molecule has 11 nitrogen and oxygen atoms in total. The maximum absolute atomic E-state index is 13.1. The lowest BCUT2D eigenvalue weighted by molar-refractivity contribution is -0.303. The highest BCUT2D eigenvalue weighted by Crippen LogP contribution is 2.23. The van der Waals surface area contributed by atoms with Crippen LogP contribution >= 0.6 is 0 Å². The minimum atomic E-state index is -1.66. The van der Waals surface area contributed by atoms with Gasteiger partial charge in [-0.25, -0.2) is 0 Å². The first kappa shape index (κ1) is 62.9. The normalized spacial score (nSPS) is 20.8. The van der Waals surface area contributed by atoms with Crippen molar-refractivity contribution in [2.45, 2.75) is 319 Å².